The molecule has 4 atom stereocenters. The maximum Gasteiger partial charge on any atom is 0.261 e. The molecule has 0 radical (unpaired) electrons. The van der Waals surface area contributed by atoms with E-state index in [9.17, 15) is 18.3 Å². The lowest BCUT2D eigenvalue weighted by Crippen LogP contribution is -2.47. The molecule has 2 heterocycles. The Kier molecular flexibility index (Phi) is 5.92. The second-order valence-corrected chi connectivity index (χ2v) is 9.75. The third-order valence-corrected chi connectivity index (χ3v) is 7.10. The number of nitrogens with one attached hydrogen (secondary N) is 1. The number of hydrogen-bond acceptors (Lipinski definition) is 6. The van der Waals surface area contributed by atoms with Gasteiger partial charge in [-0.15, -0.1) is 0 Å². The molecule has 0 saturated carbocycles. The number of aliphatic hydroxyl groups is 1. The van der Waals surface area contributed by atoms with Crippen molar-refractivity contribution in [3.05, 3.63) is 54.1 Å². The predicted octanol–water partition coefficient (Wildman–Crippen LogP) is 1.96. The summed E-state index contributed by atoms with van der Waals surface area (Å²) in [5.74, 6) is 0.477. The fraction of sp³-hybridized carbons (Fsp3) is 0.409. The summed E-state index contributed by atoms with van der Waals surface area (Å²) < 4.78 is 39.9. The largest absolute Gasteiger partial charge is 0.487 e. The van der Waals surface area contributed by atoms with E-state index in [4.69, 9.17) is 9.47 Å². The van der Waals surface area contributed by atoms with E-state index < -0.39 is 16.1 Å². The van der Waals surface area contributed by atoms with Gasteiger partial charge in [0.2, 0.25) is 5.91 Å². The monoisotopic (exact) mass is 446 g/mol. The number of hydrogen-bond donors (Lipinski definition) is 2. The fourth-order valence-corrected chi connectivity index (χ4v) is 5.21. The fourth-order valence-electron chi connectivity index (χ4n) is 4.14. The topological polar surface area (TPSA) is 105 Å². The normalized spacial score (nSPS) is 24.6. The molecule has 1 amide bonds. The molecule has 0 aliphatic carbocycles. The number of nitrogens with zero attached hydrogens (tertiary/aromatic N) is 1. The van der Waals surface area contributed by atoms with Gasteiger partial charge in [-0.3, -0.25) is 9.52 Å². The van der Waals surface area contributed by atoms with Crippen LogP contribution in [0.2, 0.25) is 0 Å². The maximum atomic E-state index is 12.7. The Bertz CT molecular complexity index is 1060. The van der Waals surface area contributed by atoms with Gasteiger partial charge in [-0.1, -0.05) is 18.2 Å². The molecule has 0 unspecified atom stereocenters. The average molecular weight is 447 g/mol. The van der Waals surface area contributed by atoms with E-state index >= 15 is 0 Å². The summed E-state index contributed by atoms with van der Waals surface area (Å²) in [5.41, 5.74) is 1.28. The molecule has 8 nitrogen and oxygen atoms in total. The highest BCUT2D eigenvalue weighted by molar-refractivity contribution is 7.92. The van der Waals surface area contributed by atoms with Gasteiger partial charge in [-0.2, -0.15) is 0 Å². The van der Waals surface area contributed by atoms with Crippen molar-refractivity contribution in [2.75, 3.05) is 25.4 Å². The van der Waals surface area contributed by atoms with Gasteiger partial charge in [-0.05, 0) is 36.8 Å². The summed E-state index contributed by atoms with van der Waals surface area (Å²) in [4.78, 5) is 13.9. The van der Waals surface area contributed by atoms with Gasteiger partial charge in [0.05, 0.1) is 24.0 Å². The van der Waals surface area contributed by atoms with Crippen LogP contribution in [-0.4, -0.2) is 63.3 Å². The van der Waals surface area contributed by atoms with Crippen LogP contribution in [0.15, 0.2) is 53.4 Å². The molecule has 0 spiro atoms. The van der Waals surface area contributed by atoms with E-state index in [2.05, 4.69) is 4.72 Å². The minimum atomic E-state index is -3.72. The van der Waals surface area contributed by atoms with E-state index in [0.717, 1.165) is 5.56 Å². The summed E-state index contributed by atoms with van der Waals surface area (Å²) in [6, 6.07) is 13.3. The van der Waals surface area contributed by atoms with Gasteiger partial charge in [0, 0.05) is 31.3 Å². The van der Waals surface area contributed by atoms with Crippen LogP contribution in [0.5, 0.6) is 5.75 Å². The molecule has 2 aromatic rings. The molecular formula is C22H26N2O6S. The number of fused-ring (bicyclic) bond motifs is 3. The average Bonchev–Trinajstić information content (AvgIpc) is 3.11. The minimum Gasteiger partial charge on any atom is -0.487 e. The number of aliphatic hydroxyl groups excluding tert-OH is 1. The van der Waals surface area contributed by atoms with Gasteiger partial charge in [0.1, 0.15) is 18.0 Å². The Morgan fingerprint density at radius 1 is 1.19 bits per heavy atom. The van der Waals surface area contributed by atoms with Crippen molar-refractivity contribution in [3.8, 4) is 5.75 Å². The number of carbonyl (C=O) groups excluding carboxylic acids is 1. The van der Waals surface area contributed by atoms with Crippen molar-refractivity contribution in [1.82, 2.24) is 4.90 Å². The van der Waals surface area contributed by atoms with Crippen LogP contribution < -0.4 is 9.46 Å². The lowest BCUT2D eigenvalue weighted by Gasteiger charge is -2.37. The molecule has 31 heavy (non-hydrogen) atoms. The number of amides is 1. The molecule has 166 valence electrons. The zero-order valence-corrected chi connectivity index (χ0v) is 18.2. The summed E-state index contributed by atoms with van der Waals surface area (Å²) in [6.45, 7) is -0.227. The predicted molar refractivity (Wildman–Crippen MR) is 115 cm³/mol. The summed E-state index contributed by atoms with van der Waals surface area (Å²) >= 11 is 0. The van der Waals surface area contributed by atoms with Crippen LogP contribution in [0.1, 0.15) is 24.3 Å². The SMILES string of the molecule is CN(C)C(=O)C[C@H]1C[C@H]2c3cc(NS(=O)(=O)c4ccccc4)ccc3O[C@H]2[C@@H](CO)O1. The Morgan fingerprint density at radius 3 is 2.61 bits per heavy atom. The summed E-state index contributed by atoms with van der Waals surface area (Å²) in [6.07, 6.45) is -0.542. The molecule has 1 saturated heterocycles. The van der Waals surface area contributed by atoms with E-state index in [0.29, 0.717) is 17.9 Å². The van der Waals surface area contributed by atoms with Crippen molar-refractivity contribution in [3.63, 3.8) is 0 Å². The number of sulfonamides is 1. The number of anilines is 1. The second kappa shape index (κ2) is 8.49. The number of carbonyl (C=O) groups is 1. The van der Waals surface area contributed by atoms with E-state index in [1.807, 2.05) is 0 Å². The Balaban J connectivity index is 1.58. The molecule has 0 aromatic heterocycles. The lowest BCUT2D eigenvalue weighted by atomic mass is 9.84. The molecular weight excluding hydrogens is 420 g/mol. The van der Waals surface area contributed by atoms with Gasteiger partial charge in [-0.25, -0.2) is 8.42 Å². The van der Waals surface area contributed by atoms with Crippen molar-refractivity contribution in [2.24, 2.45) is 0 Å². The first kappa shape index (κ1) is 21.6. The van der Waals surface area contributed by atoms with Crippen molar-refractivity contribution < 1.29 is 27.8 Å². The molecule has 1 fully saturated rings. The van der Waals surface area contributed by atoms with Crippen LogP contribution in [0.3, 0.4) is 0 Å². The zero-order chi connectivity index (χ0) is 22.2. The molecule has 2 N–H and O–H groups in total. The van der Waals surface area contributed by atoms with Crippen LogP contribution in [-0.2, 0) is 19.6 Å². The number of ether oxygens (including phenoxy) is 2. The Morgan fingerprint density at radius 2 is 1.94 bits per heavy atom. The van der Waals surface area contributed by atoms with E-state index in [-0.39, 0.29) is 42.0 Å². The smallest absolute Gasteiger partial charge is 0.261 e. The third-order valence-electron chi connectivity index (χ3n) is 5.71. The molecule has 4 rings (SSSR count). The van der Waals surface area contributed by atoms with Gasteiger partial charge < -0.3 is 19.5 Å². The highest BCUT2D eigenvalue weighted by Crippen LogP contribution is 2.47. The van der Waals surface area contributed by atoms with Crippen molar-refractivity contribution >= 4 is 21.6 Å². The van der Waals surface area contributed by atoms with Crippen LogP contribution in [0, 0.1) is 0 Å². The van der Waals surface area contributed by atoms with Crippen LogP contribution in [0.4, 0.5) is 5.69 Å². The van der Waals surface area contributed by atoms with Gasteiger partial charge in [0.25, 0.3) is 10.0 Å². The van der Waals surface area contributed by atoms with Gasteiger partial charge in [0.15, 0.2) is 0 Å². The zero-order valence-electron chi connectivity index (χ0n) is 17.4. The third kappa shape index (κ3) is 4.39. The second-order valence-electron chi connectivity index (χ2n) is 8.07. The molecule has 2 aromatic carbocycles. The van der Waals surface area contributed by atoms with Crippen molar-refractivity contribution in [1.29, 1.82) is 0 Å². The molecule has 9 heteroatoms. The molecule has 2 aliphatic rings. The van der Waals surface area contributed by atoms with Gasteiger partial charge >= 0.3 is 0 Å². The highest BCUT2D eigenvalue weighted by Gasteiger charge is 2.46. The molecule has 0 bridgehead atoms. The number of rotatable bonds is 6. The first-order valence-electron chi connectivity index (χ1n) is 10.1. The van der Waals surface area contributed by atoms with Crippen LogP contribution >= 0.6 is 0 Å². The quantitative estimate of drug-likeness (QED) is 0.703. The first-order chi connectivity index (χ1) is 14.8. The number of benzene rings is 2. The standard InChI is InChI=1S/C22H26N2O6S/c1-24(2)21(26)12-15-11-18-17-10-14(23-31(27,28)16-6-4-3-5-7-16)8-9-19(17)30-22(18)20(13-25)29-15/h3-10,15,18,20,22-23,25H,11-13H2,1-2H3/t15-,18+,20-,22-/m1/s1. The maximum absolute atomic E-state index is 12.7. The Labute approximate surface area is 181 Å². The highest BCUT2D eigenvalue weighted by atomic mass is 32.2. The van der Waals surface area contributed by atoms with E-state index in [1.54, 1.807) is 50.5 Å². The molecule has 2 aliphatic heterocycles. The Hall–Kier alpha value is -2.62. The van der Waals surface area contributed by atoms with Crippen LogP contribution in [0.25, 0.3) is 0 Å². The first-order valence-corrected chi connectivity index (χ1v) is 11.6. The minimum absolute atomic E-state index is 0.0522. The summed E-state index contributed by atoms with van der Waals surface area (Å²) in [7, 11) is -0.335. The summed E-state index contributed by atoms with van der Waals surface area (Å²) in [5, 5.41) is 9.82. The van der Waals surface area contributed by atoms with Crippen molar-refractivity contribution in [2.45, 2.75) is 42.0 Å². The lowest BCUT2D eigenvalue weighted by molar-refractivity contribution is -0.147. The van der Waals surface area contributed by atoms with E-state index in [1.165, 1.54) is 17.0 Å².